The molecule has 0 amide bonds. The summed E-state index contributed by atoms with van der Waals surface area (Å²) in [5.74, 6) is 0.431. The molecule has 122 valence electrons. The molecule has 0 spiro atoms. The van der Waals surface area contributed by atoms with Gasteiger partial charge in [-0.2, -0.15) is 0 Å². The van der Waals surface area contributed by atoms with E-state index in [9.17, 15) is 4.39 Å². The van der Waals surface area contributed by atoms with E-state index in [0.29, 0.717) is 12.4 Å². The van der Waals surface area contributed by atoms with E-state index in [0.717, 1.165) is 22.4 Å². The van der Waals surface area contributed by atoms with Crippen LogP contribution in [0.3, 0.4) is 0 Å². The van der Waals surface area contributed by atoms with Crippen molar-refractivity contribution < 1.29 is 9.13 Å². The van der Waals surface area contributed by atoms with Crippen LogP contribution in [-0.4, -0.2) is 12.0 Å². The van der Waals surface area contributed by atoms with Crippen LogP contribution in [0.25, 0.3) is 11.1 Å². The molecule has 0 aliphatic rings. The van der Waals surface area contributed by atoms with Crippen molar-refractivity contribution in [1.82, 2.24) is 4.98 Å². The van der Waals surface area contributed by atoms with Crippen LogP contribution in [-0.2, 0) is 6.61 Å². The average molecular weight is 322 g/mol. The van der Waals surface area contributed by atoms with Gasteiger partial charge in [0.1, 0.15) is 18.2 Å². The lowest BCUT2D eigenvalue weighted by Crippen LogP contribution is -2.03. The maximum Gasteiger partial charge on any atom is 0.138 e. The summed E-state index contributed by atoms with van der Waals surface area (Å²) in [5.41, 5.74) is 5.14. The number of anilines is 1. The van der Waals surface area contributed by atoms with Gasteiger partial charge in [0.05, 0.1) is 6.20 Å². The third-order valence-corrected chi connectivity index (χ3v) is 3.95. The van der Waals surface area contributed by atoms with Gasteiger partial charge in [0.2, 0.25) is 0 Å². The SMILES string of the molecule is CNc1cccc(C)c1COc1cncc(-c2ccc(F)cc2)c1. The summed E-state index contributed by atoms with van der Waals surface area (Å²) in [4.78, 5) is 4.23. The maximum atomic E-state index is 13.1. The number of benzene rings is 2. The van der Waals surface area contributed by atoms with Gasteiger partial charge in [-0.25, -0.2) is 4.39 Å². The number of aromatic nitrogens is 1. The molecule has 0 fully saturated rings. The van der Waals surface area contributed by atoms with Crippen molar-refractivity contribution >= 4 is 5.69 Å². The molecule has 3 aromatic rings. The molecule has 1 aromatic heterocycles. The van der Waals surface area contributed by atoms with Crippen LogP contribution in [0.2, 0.25) is 0 Å². The zero-order valence-electron chi connectivity index (χ0n) is 13.7. The Morgan fingerprint density at radius 2 is 1.83 bits per heavy atom. The number of pyridine rings is 1. The van der Waals surface area contributed by atoms with E-state index in [1.807, 2.05) is 25.2 Å². The molecule has 1 heterocycles. The minimum Gasteiger partial charge on any atom is -0.487 e. The number of nitrogens with one attached hydrogen (secondary N) is 1. The minimum atomic E-state index is -0.252. The fourth-order valence-corrected chi connectivity index (χ4v) is 2.58. The van der Waals surface area contributed by atoms with Crippen molar-refractivity contribution in [3.8, 4) is 16.9 Å². The van der Waals surface area contributed by atoms with Crippen LogP contribution in [0.5, 0.6) is 5.75 Å². The second-order valence-electron chi connectivity index (χ2n) is 5.56. The molecular formula is C20H19FN2O. The zero-order chi connectivity index (χ0) is 16.9. The lowest BCUT2D eigenvalue weighted by molar-refractivity contribution is 0.305. The minimum absolute atomic E-state index is 0.252. The molecule has 3 nitrogen and oxygen atoms in total. The van der Waals surface area contributed by atoms with Crippen LogP contribution in [0.4, 0.5) is 10.1 Å². The Labute approximate surface area is 141 Å². The predicted octanol–water partition coefficient (Wildman–Crippen LogP) is 4.82. The number of ether oxygens (including phenoxy) is 1. The Morgan fingerprint density at radius 3 is 2.58 bits per heavy atom. The highest BCUT2D eigenvalue weighted by molar-refractivity contribution is 5.63. The summed E-state index contributed by atoms with van der Waals surface area (Å²) in [6, 6.07) is 14.4. The predicted molar refractivity (Wildman–Crippen MR) is 94.7 cm³/mol. The highest BCUT2D eigenvalue weighted by Crippen LogP contribution is 2.25. The first-order valence-corrected chi connectivity index (χ1v) is 7.77. The van der Waals surface area contributed by atoms with Crippen LogP contribution in [0, 0.1) is 12.7 Å². The summed E-state index contributed by atoms with van der Waals surface area (Å²) >= 11 is 0. The smallest absolute Gasteiger partial charge is 0.138 e. The lowest BCUT2D eigenvalue weighted by atomic mass is 10.1. The fraction of sp³-hybridized carbons (Fsp3) is 0.150. The summed E-state index contributed by atoms with van der Waals surface area (Å²) in [5, 5.41) is 3.18. The molecule has 0 saturated carbocycles. The van der Waals surface area contributed by atoms with Gasteiger partial charge in [0.25, 0.3) is 0 Å². The number of nitrogens with zero attached hydrogens (tertiary/aromatic N) is 1. The number of rotatable bonds is 5. The molecular weight excluding hydrogens is 303 g/mol. The van der Waals surface area contributed by atoms with E-state index in [4.69, 9.17) is 4.74 Å². The summed E-state index contributed by atoms with van der Waals surface area (Å²) in [7, 11) is 1.90. The first-order chi connectivity index (χ1) is 11.7. The quantitative estimate of drug-likeness (QED) is 0.731. The number of aryl methyl sites for hydroxylation is 1. The van der Waals surface area contributed by atoms with E-state index in [2.05, 4.69) is 23.3 Å². The van der Waals surface area contributed by atoms with Crippen LogP contribution < -0.4 is 10.1 Å². The van der Waals surface area contributed by atoms with Gasteiger partial charge in [0.15, 0.2) is 0 Å². The van der Waals surface area contributed by atoms with Gasteiger partial charge >= 0.3 is 0 Å². The van der Waals surface area contributed by atoms with Gasteiger partial charge < -0.3 is 10.1 Å². The number of halogens is 1. The Bertz CT molecular complexity index is 831. The van der Waals surface area contributed by atoms with Crippen LogP contribution in [0.1, 0.15) is 11.1 Å². The summed E-state index contributed by atoms with van der Waals surface area (Å²) in [6.07, 6.45) is 3.43. The van der Waals surface area contributed by atoms with Gasteiger partial charge in [-0.3, -0.25) is 4.98 Å². The molecule has 0 aliphatic carbocycles. The van der Waals surface area contributed by atoms with Crippen molar-refractivity contribution in [3.63, 3.8) is 0 Å². The molecule has 4 heteroatoms. The van der Waals surface area contributed by atoms with Crippen LogP contribution in [0.15, 0.2) is 60.9 Å². The molecule has 0 unspecified atom stereocenters. The van der Waals surface area contributed by atoms with Gasteiger partial charge in [-0.05, 0) is 42.3 Å². The largest absolute Gasteiger partial charge is 0.487 e. The van der Waals surface area contributed by atoms with Gasteiger partial charge in [-0.15, -0.1) is 0 Å². The molecule has 1 N–H and O–H groups in total. The maximum absolute atomic E-state index is 13.1. The molecule has 3 rings (SSSR count). The van der Waals surface area contributed by atoms with Gasteiger partial charge in [0, 0.05) is 30.1 Å². The standard InChI is InChI=1S/C20H19FN2O/c1-14-4-3-5-20(22-2)19(14)13-24-18-10-16(11-23-12-18)15-6-8-17(21)9-7-15/h3-12,22H,13H2,1-2H3. The first kappa shape index (κ1) is 16.0. The molecule has 2 aromatic carbocycles. The first-order valence-electron chi connectivity index (χ1n) is 7.77. The Hall–Kier alpha value is -2.88. The van der Waals surface area contributed by atoms with E-state index in [1.54, 1.807) is 24.5 Å². The van der Waals surface area contributed by atoms with E-state index in [1.165, 1.54) is 17.7 Å². The second-order valence-corrected chi connectivity index (χ2v) is 5.56. The summed E-state index contributed by atoms with van der Waals surface area (Å²) in [6.45, 7) is 2.52. The van der Waals surface area contributed by atoms with Crippen molar-refractivity contribution in [2.75, 3.05) is 12.4 Å². The Kier molecular flexibility index (Phi) is 4.75. The average Bonchev–Trinajstić information content (AvgIpc) is 2.61. The second kappa shape index (κ2) is 7.13. The van der Waals surface area contributed by atoms with Crippen LogP contribution >= 0.6 is 0 Å². The van der Waals surface area contributed by atoms with Crippen molar-refractivity contribution in [2.45, 2.75) is 13.5 Å². The highest BCUT2D eigenvalue weighted by Gasteiger charge is 2.07. The summed E-state index contributed by atoms with van der Waals surface area (Å²) < 4.78 is 19.0. The third kappa shape index (κ3) is 3.54. The zero-order valence-corrected chi connectivity index (χ0v) is 13.7. The molecule has 24 heavy (non-hydrogen) atoms. The van der Waals surface area contributed by atoms with Crippen molar-refractivity contribution in [3.05, 3.63) is 77.9 Å². The number of hydrogen-bond donors (Lipinski definition) is 1. The Balaban J connectivity index is 1.80. The highest BCUT2D eigenvalue weighted by atomic mass is 19.1. The van der Waals surface area contributed by atoms with E-state index >= 15 is 0 Å². The van der Waals surface area contributed by atoms with Gasteiger partial charge in [-0.1, -0.05) is 24.3 Å². The Morgan fingerprint density at radius 1 is 1.04 bits per heavy atom. The van der Waals surface area contributed by atoms with E-state index in [-0.39, 0.29) is 5.82 Å². The molecule has 0 saturated heterocycles. The van der Waals surface area contributed by atoms with E-state index < -0.39 is 0 Å². The lowest BCUT2D eigenvalue weighted by Gasteiger charge is -2.13. The molecule has 0 aliphatic heterocycles. The van der Waals surface area contributed by atoms with Crippen molar-refractivity contribution in [1.29, 1.82) is 0 Å². The fourth-order valence-electron chi connectivity index (χ4n) is 2.58. The topological polar surface area (TPSA) is 34.1 Å². The number of hydrogen-bond acceptors (Lipinski definition) is 3. The third-order valence-electron chi connectivity index (χ3n) is 3.95. The molecule has 0 bridgehead atoms. The monoisotopic (exact) mass is 322 g/mol. The molecule has 0 radical (unpaired) electrons. The normalized spacial score (nSPS) is 10.5. The molecule has 0 atom stereocenters. The van der Waals surface area contributed by atoms with Crippen molar-refractivity contribution in [2.24, 2.45) is 0 Å².